The fourth-order valence-electron chi connectivity index (χ4n) is 2.21. The summed E-state index contributed by atoms with van der Waals surface area (Å²) in [5.41, 5.74) is 3.31. The summed E-state index contributed by atoms with van der Waals surface area (Å²) in [5.74, 6) is 0.622. The van der Waals surface area contributed by atoms with Gasteiger partial charge in [-0.25, -0.2) is 4.98 Å². The minimum Gasteiger partial charge on any atom is -0.479 e. The zero-order valence-electron chi connectivity index (χ0n) is 12.6. The van der Waals surface area contributed by atoms with Gasteiger partial charge in [0.1, 0.15) is 5.69 Å². The highest BCUT2D eigenvalue weighted by Gasteiger charge is 2.17. The van der Waals surface area contributed by atoms with E-state index in [0.717, 1.165) is 11.4 Å². The molecular formula is C15H21N3OS. The lowest BCUT2D eigenvalue weighted by atomic mass is 10.2. The monoisotopic (exact) mass is 291 g/mol. The van der Waals surface area contributed by atoms with E-state index >= 15 is 0 Å². The molecule has 0 radical (unpaired) electrons. The van der Waals surface area contributed by atoms with Crippen LogP contribution >= 0.6 is 11.3 Å². The SMILES string of the molecule is COc1nccc(N(C)C)c1NC(C)c1sccc1C. The summed E-state index contributed by atoms with van der Waals surface area (Å²) < 4.78 is 5.39. The molecule has 4 nitrogen and oxygen atoms in total. The minimum atomic E-state index is 0.215. The van der Waals surface area contributed by atoms with E-state index in [-0.39, 0.29) is 6.04 Å². The van der Waals surface area contributed by atoms with Crippen LogP contribution < -0.4 is 15.0 Å². The number of hydrogen-bond acceptors (Lipinski definition) is 5. The molecule has 0 amide bonds. The third-order valence-electron chi connectivity index (χ3n) is 3.23. The van der Waals surface area contributed by atoms with Crippen molar-refractivity contribution in [3.05, 3.63) is 34.2 Å². The Morgan fingerprint density at radius 2 is 2.10 bits per heavy atom. The van der Waals surface area contributed by atoms with Crippen LogP contribution in [0.4, 0.5) is 11.4 Å². The molecule has 0 bridgehead atoms. The zero-order chi connectivity index (χ0) is 14.7. The lowest BCUT2D eigenvalue weighted by Gasteiger charge is -2.23. The number of aromatic nitrogens is 1. The molecule has 20 heavy (non-hydrogen) atoms. The summed E-state index contributed by atoms with van der Waals surface area (Å²) in [4.78, 5) is 7.68. The molecule has 0 aliphatic rings. The molecular weight excluding hydrogens is 270 g/mol. The van der Waals surface area contributed by atoms with Gasteiger partial charge in [-0.2, -0.15) is 0 Å². The van der Waals surface area contributed by atoms with Gasteiger partial charge in [0.05, 0.1) is 18.8 Å². The van der Waals surface area contributed by atoms with Crippen molar-refractivity contribution in [1.82, 2.24) is 4.98 Å². The number of thiophene rings is 1. The first-order chi connectivity index (χ1) is 9.54. The first-order valence-electron chi connectivity index (χ1n) is 6.55. The van der Waals surface area contributed by atoms with Crippen LogP contribution in [-0.2, 0) is 0 Å². The van der Waals surface area contributed by atoms with Crippen molar-refractivity contribution >= 4 is 22.7 Å². The maximum absolute atomic E-state index is 5.39. The van der Waals surface area contributed by atoms with Crippen molar-refractivity contribution in [1.29, 1.82) is 0 Å². The van der Waals surface area contributed by atoms with Crippen molar-refractivity contribution in [2.24, 2.45) is 0 Å². The van der Waals surface area contributed by atoms with Crippen LogP contribution in [0, 0.1) is 6.92 Å². The molecule has 0 aliphatic heterocycles. The second kappa shape index (κ2) is 6.13. The van der Waals surface area contributed by atoms with Crippen molar-refractivity contribution in [3.63, 3.8) is 0 Å². The Hall–Kier alpha value is -1.75. The molecule has 2 aromatic rings. The van der Waals surface area contributed by atoms with Crippen LogP contribution in [0.15, 0.2) is 23.7 Å². The zero-order valence-corrected chi connectivity index (χ0v) is 13.4. The predicted octanol–water partition coefficient (Wildman–Crippen LogP) is 3.70. The Morgan fingerprint density at radius 1 is 1.35 bits per heavy atom. The third kappa shape index (κ3) is 2.88. The van der Waals surface area contributed by atoms with Crippen LogP contribution in [0.2, 0.25) is 0 Å². The smallest absolute Gasteiger partial charge is 0.239 e. The Labute approximate surface area is 124 Å². The summed E-state index contributed by atoms with van der Waals surface area (Å²) >= 11 is 1.77. The number of ether oxygens (including phenoxy) is 1. The summed E-state index contributed by atoms with van der Waals surface area (Å²) in [7, 11) is 5.68. The molecule has 2 heterocycles. The van der Waals surface area contributed by atoms with Gasteiger partial charge >= 0.3 is 0 Å². The van der Waals surface area contributed by atoms with Crippen LogP contribution in [0.1, 0.15) is 23.4 Å². The molecule has 2 rings (SSSR count). The standard InChI is InChI=1S/C15H21N3OS/c1-10-7-9-20-14(10)11(2)17-13-12(18(3)4)6-8-16-15(13)19-5/h6-9,11,17H,1-5H3. The fourth-order valence-corrected chi connectivity index (χ4v) is 3.14. The number of rotatable bonds is 5. The average molecular weight is 291 g/mol. The van der Waals surface area contributed by atoms with Crippen LogP contribution in [0.5, 0.6) is 5.88 Å². The van der Waals surface area contributed by atoms with Crippen molar-refractivity contribution in [2.75, 3.05) is 31.4 Å². The molecule has 1 N–H and O–H groups in total. The molecule has 2 aromatic heterocycles. The van der Waals surface area contributed by atoms with Gasteiger partial charge in [-0.05, 0) is 36.9 Å². The molecule has 0 aromatic carbocycles. The molecule has 108 valence electrons. The molecule has 0 spiro atoms. The molecule has 0 saturated carbocycles. The van der Waals surface area contributed by atoms with Crippen LogP contribution in [0.3, 0.4) is 0 Å². The minimum absolute atomic E-state index is 0.215. The highest BCUT2D eigenvalue weighted by Crippen LogP contribution is 2.36. The predicted molar refractivity (Wildman–Crippen MR) is 86.2 cm³/mol. The van der Waals surface area contributed by atoms with Crippen LogP contribution in [-0.4, -0.2) is 26.2 Å². The van der Waals surface area contributed by atoms with E-state index < -0.39 is 0 Å². The maximum Gasteiger partial charge on any atom is 0.239 e. The normalized spacial score (nSPS) is 12.1. The van der Waals surface area contributed by atoms with Gasteiger partial charge in [0.15, 0.2) is 0 Å². The summed E-state index contributed by atoms with van der Waals surface area (Å²) in [6.07, 6.45) is 1.76. The Morgan fingerprint density at radius 3 is 2.65 bits per heavy atom. The van der Waals surface area contributed by atoms with E-state index in [2.05, 4.69) is 40.5 Å². The summed E-state index contributed by atoms with van der Waals surface area (Å²) in [5, 5.41) is 5.66. The van der Waals surface area contributed by atoms with E-state index in [1.807, 2.05) is 20.2 Å². The molecule has 1 atom stereocenters. The van der Waals surface area contributed by atoms with Crippen molar-refractivity contribution in [2.45, 2.75) is 19.9 Å². The summed E-state index contributed by atoms with van der Waals surface area (Å²) in [6, 6.07) is 4.34. The van der Waals surface area contributed by atoms with Gasteiger partial charge in [0.25, 0.3) is 0 Å². The largest absolute Gasteiger partial charge is 0.479 e. The lowest BCUT2D eigenvalue weighted by molar-refractivity contribution is 0.399. The molecule has 5 heteroatoms. The quantitative estimate of drug-likeness (QED) is 0.911. The van der Waals surface area contributed by atoms with E-state index in [1.165, 1.54) is 10.4 Å². The number of anilines is 2. The summed E-state index contributed by atoms with van der Waals surface area (Å²) in [6.45, 7) is 4.29. The second-order valence-corrected chi connectivity index (χ2v) is 5.89. The fraction of sp³-hybridized carbons (Fsp3) is 0.400. The van der Waals surface area contributed by atoms with E-state index in [1.54, 1.807) is 24.6 Å². The van der Waals surface area contributed by atoms with Gasteiger partial charge in [0, 0.05) is 25.2 Å². The number of nitrogens with one attached hydrogen (secondary N) is 1. The molecule has 0 saturated heterocycles. The van der Waals surface area contributed by atoms with Gasteiger partial charge in [-0.1, -0.05) is 0 Å². The highest BCUT2D eigenvalue weighted by molar-refractivity contribution is 7.10. The Balaban J connectivity index is 2.35. The topological polar surface area (TPSA) is 37.4 Å². The second-order valence-electron chi connectivity index (χ2n) is 4.94. The van der Waals surface area contributed by atoms with Gasteiger partial charge < -0.3 is 15.0 Å². The van der Waals surface area contributed by atoms with Crippen LogP contribution in [0.25, 0.3) is 0 Å². The number of methoxy groups -OCH3 is 1. The molecule has 0 aliphatic carbocycles. The van der Waals surface area contributed by atoms with Gasteiger partial charge in [-0.3, -0.25) is 0 Å². The maximum atomic E-state index is 5.39. The first kappa shape index (κ1) is 14.7. The Kier molecular flexibility index (Phi) is 4.49. The van der Waals surface area contributed by atoms with E-state index in [4.69, 9.17) is 4.74 Å². The van der Waals surface area contributed by atoms with Crippen molar-refractivity contribution in [3.8, 4) is 5.88 Å². The lowest BCUT2D eigenvalue weighted by Crippen LogP contribution is -2.15. The highest BCUT2D eigenvalue weighted by atomic mass is 32.1. The van der Waals surface area contributed by atoms with E-state index in [9.17, 15) is 0 Å². The molecule has 1 unspecified atom stereocenters. The number of nitrogens with zero attached hydrogens (tertiary/aromatic N) is 2. The van der Waals surface area contributed by atoms with Gasteiger partial charge in [0.2, 0.25) is 5.88 Å². The Bertz CT molecular complexity index is 580. The molecule has 0 fully saturated rings. The average Bonchev–Trinajstić information content (AvgIpc) is 2.85. The van der Waals surface area contributed by atoms with Gasteiger partial charge in [-0.15, -0.1) is 11.3 Å². The first-order valence-corrected chi connectivity index (χ1v) is 7.43. The number of pyridine rings is 1. The number of aryl methyl sites for hydroxylation is 1. The third-order valence-corrected chi connectivity index (χ3v) is 4.43. The van der Waals surface area contributed by atoms with E-state index in [0.29, 0.717) is 5.88 Å². The number of hydrogen-bond donors (Lipinski definition) is 1. The van der Waals surface area contributed by atoms with Crippen molar-refractivity contribution < 1.29 is 4.74 Å².